The molecule has 0 spiro atoms. The standard InChI is InChI=1S/C34H60N2O26/c1-9(42)35-17-23(50)20(47)13(5-39)56-31(17)62-30-22(49)15(7-41)58-34(27(30)54)61-29-16(8-55-33-26(53)25(52)21(48)14(6-40)57-33)59-32(18(24(29)51)36-10(2)43)60-28(12(45)4-38)19(46)11(44)3-37/h11-34,37-41,44-54H,3-8H2,1-2H3,(H,35,42)(H,36,43)/t11-,12+,13-,14-,15-,16-,17-,18-,19+,20-,21+,22+,23-,24-,25+,26-,27-,28-,29-,30+,31+,32+,33+,34+/m1/s1. The van der Waals surface area contributed by atoms with Crippen molar-refractivity contribution in [1.29, 1.82) is 0 Å². The maximum absolute atomic E-state index is 12.5. The summed E-state index contributed by atoms with van der Waals surface area (Å²) in [5.74, 6) is -1.62. The molecule has 0 radical (unpaired) electrons. The van der Waals surface area contributed by atoms with E-state index < -0.39 is 199 Å². The fourth-order valence-electron chi connectivity index (χ4n) is 7.33. The Hall–Kier alpha value is -2.02. The van der Waals surface area contributed by atoms with Gasteiger partial charge in [-0.1, -0.05) is 0 Å². The number of hydrogen-bond acceptors (Lipinski definition) is 26. The molecule has 4 heterocycles. The number of hydrogen-bond donors (Lipinski definition) is 18. The van der Waals surface area contributed by atoms with Crippen LogP contribution in [0.15, 0.2) is 0 Å². The van der Waals surface area contributed by atoms with Gasteiger partial charge < -0.3 is 130 Å². The van der Waals surface area contributed by atoms with Crippen LogP contribution in [0.4, 0.5) is 0 Å². The summed E-state index contributed by atoms with van der Waals surface area (Å²) in [4.78, 5) is 24.5. The zero-order valence-electron chi connectivity index (χ0n) is 33.3. The molecule has 4 fully saturated rings. The molecule has 4 aliphatic heterocycles. The number of aliphatic hydroxyl groups excluding tert-OH is 16. The van der Waals surface area contributed by atoms with Crippen LogP contribution in [0, 0.1) is 0 Å². The molecule has 2 amide bonds. The minimum absolute atomic E-state index is 0.751. The number of carbonyl (C=O) groups is 2. The zero-order valence-corrected chi connectivity index (χ0v) is 33.3. The van der Waals surface area contributed by atoms with Crippen molar-refractivity contribution >= 4 is 11.8 Å². The average molecular weight is 913 g/mol. The molecule has 62 heavy (non-hydrogen) atoms. The number of carbonyl (C=O) groups excluding carboxylic acids is 2. The predicted octanol–water partition coefficient (Wildman–Crippen LogP) is -12.0. The van der Waals surface area contributed by atoms with Gasteiger partial charge in [0.2, 0.25) is 11.8 Å². The Balaban J connectivity index is 1.71. The quantitative estimate of drug-likeness (QED) is 0.0572. The first-order valence-electron chi connectivity index (χ1n) is 19.5. The van der Waals surface area contributed by atoms with Crippen LogP contribution in [-0.2, 0) is 47.5 Å². The number of rotatable bonds is 19. The van der Waals surface area contributed by atoms with Crippen molar-refractivity contribution in [3.8, 4) is 0 Å². The van der Waals surface area contributed by atoms with Crippen LogP contribution in [0.1, 0.15) is 13.8 Å². The van der Waals surface area contributed by atoms with Crippen molar-refractivity contribution in [2.45, 2.75) is 161 Å². The molecule has 0 saturated carbocycles. The van der Waals surface area contributed by atoms with Crippen LogP contribution < -0.4 is 10.6 Å². The van der Waals surface area contributed by atoms with Crippen molar-refractivity contribution in [3.05, 3.63) is 0 Å². The van der Waals surface area contributed by atoms with E-state index in [4.69, 9.17) is 37.9 Å². The van der Waals surface area contributed by atoms with Gasteiger partial charge in [-0.25, -0.2) is 0 Å². The summed E-state index contributed by atoms with van der Waals surface area (Å²) in [6.07, 6.45) is -41.9. The Morgan fingerprint density at radius 1 is 0.516 bits per heavy atom. The van der Waals surface area contributed by atoms with Gasteiger partial charge in [-0.3, -0.25) is 9.59 Å². The number of aliphatic hydroxyl groups is 16. The highest BCUT2D eigenvalue weighted by molar-refractivity contribution is 5.73. The Labute approximate surface area is 352 Å². The average Bonchev–Trinajstić information content (AvgIpc) is 3.24. The highest BCUT2D eigenvalue weighted by atomic mass is 16.8. The van der Waals surface area contributed by atoms with Crippen LogP contribution in [-0.4, -0.2) is 280 Å². The van der Waals surface area contributed by atoms with E-state index in [1.165, 1.54) is 0 Å². The highest BCUT2D eigenvalue weighted by Crippen LogP contribution is 2.34. The van der Waals surface area contributed by atoms with Gasteiger partial charge in [0.1, 0.15) is 122 Å². The fourth-order valence-corrected chi connectivity index (χ4v) is 7.33. The van der Waals surface area contributed by atoms with Crippen LogP contribution >= 0.6 is 0 Å². The molecule has 24 atom stereocenters. The molecule has 28 nitrogen and oxygen atoms in total. The number of nitrogens with one attached hydrogen (secondary N) is 2. The van der Waals surface area contributed by atoms with E-state index in [-0.39, 0.29) is 0 Å². The lowest BCUT2D eigenvalue weighted by Gasteiger charge is -2.50. The Morgan fingerprint density at radius 2 is 0.984 bits per heavy atom. The summed E-state index contributed by atoms with van der Waals surface area (Å²) >= 11 is 0. The molecular formula is C34H60N2O26. The second-order valence-corrected chi connectivity index (χ2v) is 15.2. The molecule has 0 aromatic carbocycles. The lowest BCUT2D eigenvalue weighted by molar-refractivity contribution is -0.376. The van der Waals surface area contributed by atoms with E-state index in [1.807, 2.05) is 0 Å². The maximum Gasteiger partial charge on any atom is 0.217 e. The van der Waals surface area contributed by atoms with Gasteiger partial charge in [0, 0.05) is 13.8 Å². The highest BCUT2D eigenvalue weighted by Gasteiger charge is 2.56. The second-order valence-electron chi connectivity index (χ2n) is 15.2. The van der Waals surface area contributed by atoms with Gasteiger partial charge in [0.15, 0.2) is 25.2 Å². The van der Waals surface area contributed by atoms with E-state index >= 15 is 0 Å². The minimum atomic E-state index is -2.18. The second kappa shape index (κ2) is 23.4. The largest absolute Gasteiger partial charge is 0.394 e. The summed E-state index contributed by atoms with van der Waals surface area (Å²) in [6, 6.07) is -3.39. The molecular weight excluding hydrogens is 852 g/mol. The predicted molar refractivity (Wildman–Crippen MR) is 192 cm³/mol. The Morgan fingerprint density at radius 3 is 1.52 bits per heavy atom. The summed E-state index contributed by atoms with van der Waals surface area (Å²) in [6.45, 7) is -3.78. The van der Waals surface area contributed by atoms with Crippen LogP contribution in [0.5, 0.6) is 0 Å². The first-order chi connectivity index (χ1) is 29.2. The molecule has 0 aliphatic carbocycles. The lowest BCUT2D eigenvalue weighted by atomic mass is 9.94. The Bertz CT molecular complexity index is 1390. The molecule has 28 heteroatoms. The molecule has 0 aromatic rings. The molecule has 0 bridgehead atoms. The third-order valence-electron chi connectivity index (χ3n) is 10.7. The zero-order chi connectivity index (χ0) is 46.3. The van der Waals surface area contributed by atoms with Crippen molar-refractivity contribution in [2.75, 3.05) is 39.6 Å². The van der Waals surface area contributed by atoms with E-state index in [9.17, 15) is 91.3 Å². The van der Waals surface area contributed by atoms with Gasteiger partial charge in [0.25, 0.3) is 0 Å². The third kappa shape index (κ3) is 12.1. The summed E-state index contributed by atoms with van der Waals surface area (Å²) < 4.78 is 45.7. The molecule has 0 aromatic heterocycles. The maximum atomic E-state index is 12.5. The van der Waals surface area contributed by atoms with Gasteiger partial charge in [0.05, 0.1) is 39.6 Å². The van der Waals surface area contributed by atoms with Crippen molar-refractivity contribution in [1.82, 2.24) is 10.6 Å². The molecule has 0 unspecified atom stereocenters. The molecule has 362 valence electrons. The van der Waals surface area contributed by atoms with Crippen molar-refractivity contribution in [3.63, 3.8) is 0 Å². The topological polar surface area (TPSA) is 456 Å². The first-order valence-corrected chi connectivity index (χ1v) is 19.5. The van der Waals surface area contributed by atoms with Crippen LogP contribution in [0.25, 0.3) is 0 Å². The van der Waals surface area contributed by atoms with E-state index in [2.05, 4.69) is 10.6 Å². The van der Waals surface area contributed by atoms with Crippen LogP contribution in [0.2, 0.25) is 0 Å². The normalized spacial score (nSPS) is 43.6. The lowest BCUT2D eigenvalue weighted by Crippen LogP contribution is -2.70. The Kier molecular flexibility index (Phi) is 19.9. The van der Waals surface area contributed by atoms with E-state index in [0.717, 1.165) is 13.8 Å². The third-order valence-corrected chi connectivity index (χ3v) is 10.7. The SMILES string of the molecule is CC(=O)N[C@H]1[C@H](O[C@@H]([C@@H](O)[C@H](O)CO)[C@@H](O)CO)O[C@H](CO[C@H]2O[C@H](CO)[C@H](O)[C@H](O)[C@H]2O)[C@@H](O[C@@H]2O[C@H](CO)[C@H](O)[C@H](O[C@@H]3O[C@H](CO)[C@@H](O)[C@H](O)[C@H]3NC(C)=O)[C@H]2O)[C@@H]1O. The van der Waals surface area contributed by atoms with E-state index in [1.54, 1.807) is 0 Å². The van der Waals surface area contributed by atoms with Gasteiger partial charge in [-0.2, -0.15) is 0 Å². The molecule has 4 aliphatic rings. The van der Waals surface area contributed by atoms with Crippen molar-refractivity contribution < 1.29 is 129 Å². The smallest absolute Gasteiger partial charge is 0.217 e. The van der Waals surface area contributed by atoms with Gasteiger partial charge in [-0.15, -0.1) is 0 Å². The monoisotopic (exact) mass is 912 g/mol. The summed E-state index contributed by atoms with van der Waals surface area (Å²) in [7, 11) is 0. The molecule has 4 rings (SSSR count). The first kappa shape index (κ1) is 52.6. The summed E-state index contributed by atoms with van der Waals surface area (Å²) in [5.41, 5.74) is 0. The van der Waals surface area contributed by atoms with Gasteiger partial charge >= 0.3 is 0 Å². The van der Waals surface area contributed by atoms with Gasteiger partial charge in [-0.05, 0) is 0 Å². The fraction of sp³-hybridized carbons (Fsp3) is 0.941. The van der Waals surface area contributed by atoms with Crippen molar-refractivity contribution in [2.24, 2.45) is 0 Å². The van der Waals surface area contributed by atoms with E-state index in [0.29, 0.717) is 0 Å². The molecule has 18 N–H and O–H groups in total. The number of amides is 2. The number of ether oxygens (including phenoxy) is 8. The molecule has 4 saturated heterocycles. The van der Waals surface area contributed by atoms with Crippen LogP contribution in [0.3, 0.4) is 0 Å². The minimum Gasteiger partial charge on any atom is -0.394 e. The summed E-state index contributed by atoms with van der Waals surface area (Å²) in [5, 5.41) is 172.